The Morgan fingerprint density at radius 1 is 1.27 bits per heavy atom. The highest BCUT2D eigenvalue weighted by molar-refractivity contribution is 6.01. The van der Waals surface area contributed by atoms with Crippen LogP contribution in [0.25, 0.3) is 10.9 Å². The number of urea groups is 1. The van der Waals surface area contributed by atoms with Gasteiger partial charge in [-0.15, -0.1) is 0 Å². The lowest BCUT2D eigenvalue weighted by molar-refractivity contribution is 0.232. The van der Waals surface area contributed by atoms with Crippen LogP contribution in [0.15, 0.2) is 30.5 Å². The molecule has 1 aromatic heterocycles. The SMILES string of the molecule is CCn1cc(NC(=O)NC2CCCCC2C)c2ccccc21. The van der Waals surface area contributed by atoms with E-state index in [4.69, 9.17) is 0 Å². The summed E-state index contributed by atoms with van der Waals surface area (Å²) in [7, 11) is 0. The molecule has 3 rings (SSSR count). The average Bonchev–Trinajstić information content (AvgIpc) is 2.88. The predicted molar refractivity (Wildman–Crippen MR) is 91.2 cm³/mol. The average molecular weight is 299 g/mol. The molecule has 2 unspecified atom stereocenters. The van der Waals surface area contributed by atoms with Gasteiger partial charge in [-0.25, -0.2) is 4.79 Å². The van der Waals surface area contributed by atoms with Gasteiger partial charge in [-0.05, 0) is 31.7 Å². The molecule has 2 atom stereocenters. The Hall–Kier alpha value is -1.97. The lowest BCUT2D eigenvalue weighted by atomic mass is 9.86. The van der Waals surface area contributed by atoms with Crippen molar-refractivity contribution in [1.82, 2.24) is 9.88 Å². The van der Waals surface area contributed by atoms with Gasteiger partial charge in [0.1, 0.15) is 0 Å². The highest BCUT2D eigenvalue weighted by Gasteiger charge is 2.23. The molecule has 1 saturated carbocycles. The fourth-order valence-electron chi connectivity index (χ4n) is 3.47. The van der Waals surface area contributed by atoms with Gasteiger partial charge in [0.25, 0.3) is 0 Å². The van der Waals surface area contributed by atoms with Gasteiger partial charge in [0.05, 0.1) is 11.2 Å². The smallest absolute Gasteiger partial charge is 0.319 e. The number of benzene rings is 1. The van der Waals surface area contributed by atoms with Crippen LogP contribution in [-0.2, 0) is 6.54 Å². The number of nitrogens with one attached hydrogen (secondary N) is 2. The molecule has 2 aromatic rings. The number of nitrogens with zero attached hydrogens (tertiary/aromatic N) is 1. The van der Waals surface area contributed by atoms with Crippen LogP contribution in [0.4, 0.5) is 10.5 Å². The van der Waals surface area contributed by atoms with Crippen molar-refractivity contribution in [1.29, 1.82) is 0 Å². The van der Waals surface area contributed by atoms with Gasteiger partial charge in [-0.2, -0.15) is 0 Å². The van der Waals surface area contributed by atoms with E-state index in [2.05, 4.69) is 41.2 Å². The van der Waals surface area contributed by atoms with Gasteiger partial charge in [0.15, 0.2) is 0 Å². The van der Waals surface area contributed by atoms with Crippen molar-refractivity contribution >= 4 is 22.6 Å². The summed E-state index contributed by atoms with van der Waals surface area (Å²) in [6.45, 7) is 5.23. The molecule has 1 heterocycles. The minimum Gasteiger partial charge on any atom is -0.346 e. The summed E-state index contributed by atoms with van der Waals surface area (Å²) in [6, 6.07) is 8.40. The molecule has 4 heteroatoms. The van der Waals surface area contributed by atoms with Crippen molar-refractivity contribution in [2.45, 2.75) is 52.1 Å². The molecule has 0 radical (unpaired) electrons. The minimum absolute atomic E-state index is 0.0854. The van der Waals surface area contributed by atoms with E-state index in [9.17, 15) is 4.79 Å². The molecular weight excluding hydrogens is 274 g/mol. The normalized spacial score (nSPS) is 21.7. The van der Waals surface area contributed by atoms with Crippen molar-refractivity contribution in [3.8, 4) is 0 Å². The lowest BCUT2D eigenvalue weighted by Gasteiger charge is -2.29. The minimum atomic E-state index is -0.0854. The topological polar surface area (TPSA) is 46.1 Å². The summed E-state index contributed by atoms with van der Waals surface area (Å²) in [5, 5.41) is 7.28. The van der Waals surface area contributed by atoms with Gasteiger partial charge >= 0.3 is 6.03 Å². The maximum atomic E-state index is 12.3. The van der Waals surface area contributed by atoms with E-state index in [0.717, 1.165) is 29.6 Å². The Balaban J connectivity index is 1.74. The van der Waals surface area contributed by atoms with Crippen LogP contribution in [0.2, 0.25) is 0 Å². The molecule has 1 aliphatic rings. The summed E-state index contributed by atoms with van der Waals surface area (Å²) in [5.74, 6) is 0.566. The molecule has 1 aliphatic carbocycles. The van der Waals surface area contributed by atoms with Crippen LogP contribution in [0, 0.1) is 5.92 Å². The van der Waals surface area contributed by atoms with E-state index in [0.29, 0.717) is 12.0 Å². The molecule has 0 spiro atoms. The molecule has 1 fully saturated rings. The summed E-state index contributed by atoms with van der Waals surface area (Å²) in [4.78, 5) is 12.3. The van der Waals surface area contributed by atoms with Crippen LogP contribution >= 0.6 is 0 Å². The Kier molecular flexibility index (Phi) is 4.36. The van der Waals surface area contributed by atoms with Crippen LogP contribution in [0.5, 0.6) is 0 Å². The summed E-state index contributed by atoms with van der Waals surface area (Å²) in [6.07, 6.45) is 6.81. The summed E-state index contributed by atoms with van der Waals surface area (Å²) < 4.78 is 2.16. The molecule has 1 aromatic carbocycles. The van der Waals surface area contributed by atoms with Crippen molar-refractivity contribution in [3.05, 3.63) is 30.5 Å². The standard InChI is InChI=1S/C18H25N3O/c1-3-21-12-16(14-9-5-7-11-17(14)21)20-18(22)19-15-10-6-4-8-13(15)2/h5,7,9,11-13,15H,3-4,6,8,10H2,1-2H3,(H2,19,20,22). The largest absolute Gasteiger partial charge is 0.346 e. The van der Waals surface area contributed by atoms with E-state index in [1.165, 1.54) is 19.3 Å². The first-order valence-corrected chi connectivity index (χ1v) is 8.34. The monoisotopic (exact) mass is 299 g/mol. The van der Waals surface area contributed by atoms with E-state index in [1.54, 1.807) is 0 Å². The summed E-state index contributed by atoms with van der Waals surface area (Å²) >= 11 is 0. The van der Waals surface area contributed by atoms with Crippen LogP contribution in [-0.4, -0.2) is 16.6 Å². The fraction of sp³-hybridized carbons (Fsp3) is 0.500. The molecule has 0 saturated heterocycles. The summed E-state index contributed by atoms with van der Waals surface area (Å²) in [5.41, 5.74) is 2.05. The maximum Gasteiger partial charge on any atom is 0.319 e. The van der Waals surface area contributed by atoms with Crippen molar-refractivity contribution < 1.29 is 4.79 Å². The zero-order chi connectivity index (χ0) is 15.5. The molecular formula is C18H25N3O. The van der Waals surface area contributed by atoms with Crippen LogP contribution < -0.4 is 10.6 Å². The molecule has 2 N–H and O–H groups in total. The molecule has 2 amide bonds. The van der Waals surface area contributed by atoms with Crippen LogP contribution in [0.3, 0.4) is 0 Å². The van der Waals surface area contributed by atoms with Gasteiger partial charge in [0, 0.05) is 24.2 Å². The molecule has 0 aliphatic heterocycles. The van der Waals surface area contributed by atoms with E-state index >= 15 is 0 Å². The number of aryl methyl sites for hydroxylation is 1. The first-order valence-electron chi connectivity index (χ1n) is 8.34. The first-order chi connectivity index (χ1) is 10.7. The second-order valence-electron chi connectivity index (χ2n) is 6.31. The number of anilines is 1. The highest BCUT2D eigenvalue weighted by atomic mass is 16.2. The number of aromatic nitrogens is 1. The number of para-hydroxylation sites is 1. The van der Waals surface area contributed by atoms with Gasteiger partial charge in [-0.1, -0.05) is 38.0 Å². The zero-order valence-electron chi connectivity index (χ0n) is 13.4. The number of carbonyl (C=O) groups is 1. The number of hydrogen-bond donors (Lipinski definition) is 2. The van der Waals surface area contributed by atoms with Crippen molar-refractivity contribution in [3.63, 3.8) is 0 Å². The third-order valence-electron chi connectivity index (χ3n) is 4.81. The quantitative estimate of drug-likeness (QED) is 0.869. The third kappa shape index (κ3) is 2.96. The molecule has 4 nitrogen and oxygen atoms in total. The number of amides is 2. The first kappa shape index (κ1) is 14.9. The Bertz CT molecular complexity index is 661. The molecule has 0 bridgehead atoms. The second kappa shape index (κ2) is 6.42. The van der Waals surface area contributed by atoms with E-state index < -0.39 is 0 Å². The second-order valence-corrected chi connectivity index (χ2v) is 6.31. The Labute approximate surface area is 131 Å². The van der Waals surface area contributed by atoms with E-state index in [1.807, 2.05) is 18.3 Å². The maximum absolute atomic E-state index is 12.3. The van der Waals surface area contributed by atoms with E-state index in [-0.39, 0.29) is 6.03 Å². The number of rotatable bonds is 3. The predicted octanol–water partition coefficient (Wildman–Crippen LogP) is 4.36. The Morgan fingerprint density at radius 2 is 2.05 bits per heavy atom. The molecule has 118 valence electrons. The van der Waals surface area contributed by atoms with Gasteiger partial charge < -0.3 is 15.2 Å². The zero-order valence-corrected chi connectivity index (χ0v) is 13.4. The number of fused-ring (bicyclic) bond motifs is 1. The van der Waals surface area contributed by atoms with Gasteiger partial charge in [-0.3, -0.25) is 0 Å². The van der Waals surface area contributed by atoms with Gasteiger partial charge in [0.2, 0.25) is 0 Å². The highest BCUT2D eigenvalue weighted by Crippen LogP contribution is 2.27. The lowest BCUT2D eigenvalue weighted by Crippen LogP contribution is -2.43. The molecule has 22 heavy (non-hydrogen) atoms. The fourth-order valence-corrected chi connectivity index (χ4v) is 3.47. The Morgan fingerprint density at radius 3 is 2.82 bits per heavy atom. The third-order valence-corrected chi connectivity index (χ3v) is 4.81. The van der Waals surface area contributed by atoms with Crippen molar-refractivity contribution in [2.24, 2.45) is 5.92 Å². The number of hydrogen-bond acceptors (Lipinski definition) is 1. The number of carbonyl (C=O) groups excluding carboxylic acids is 1. The van der Waals surface area contributed by atoms with Crippen LogP contribution in [0.1, 0.15) is 39.5 Å². The van der Waals surface area contributed by atoms with Crippen molar-refractivity contribution in [2.75, 3.05) is 5.32 Å².